The van der Waals surface area contributed by atoms with E-state index < -0.39 is 0 Å². The van der Waals surface area contributed by atoms with Gasteiger partial charge in [-0.15, -0.1) is 0 Å². The molecular formula is C17H17ClO2. The molecule has 0 fully saturated rings. The van der Waals surface area contributed by atoms with Crippen molar-refractivity contribution in [3.8, 4) is 11.5 Å². The molecule has 20 heavy (non-hydrogen) atoms. The summed E-state index contributed by atoms with van der Waals surface area (Å²) in [5, 5.41) is 0.697. The zero-order valence-corrected chi connectivity index (χ0v) is 12.6. The molecule has 0 aliphatic rings. The van der Waals surface area contributed by atoms with Crippen LogP contribution in [0.3, 0.4) is 0 Å². The summed E-state index contributed by atoms with van der Waals surface area (Å²) in [6.45, 7) is 5.76. The number of ether oxygens (including phenoxy) is 1. The average Bonchev–Trinajstić information content (AvgIpc) is 2.42. The summed E-state index contributed by atoms with van der Waals surface area (Å²) < 4.78 is 5.92. The summed E-state index contributed by atoms with van der Waals surface area (Å²) in [6, 6.07) is 11.0. The zero-order chi connectivity index (χ0) is 14.7. The van der Waals surface area contributed by atoms with E-state index in [-0.39, 0.29) is 5.78 Å². The molecule has 0 amide bonds. The maximum atomic E-state index is 11.7. The highest BCUT2D eigenvalue weighted by Gasteiger charge is 2.09. The van der Waals surface area contributed by atoms with Crippen LogP contribution in [0.2, 0.25) is 5.02 Å². The SMILES string of the molecule is CCC(=O)c1cccc(Oc2c(C)cc(Cl)cc2C)c1. The lowest BCUT2D eigenvalue weighted by Crippen LogP contribution is -1.97. The smallest absolute Gasteiger partial charge is 0.162 e. The van der Waals surface area contributed by atoms with E-state index in [2.05, 4.69) is 0 Å². The largest absolute Gasteiger partial charge is 0.457 e. The Hall–Kier alpha value is -1.80. The Balaban J connectivity index is 2.33. The van der Waals surface area contributed by atoms with Gasteiger partial charge in [-0.25, -0.2) is 0 Å². The minimum Gasteiger partial charge on any atom is -0.457 e. The molecule has 3 heteroatoms. The highest BCUT2D eigenvalue weighted by molar-refractivity contribution is 6.30. The molecule has 0 radical (unpaired) electrons. The lowest BCUT2D eigenvalue weighted by Gasteiger charge is -2.13. The molecule has 0 N–H and O–H groups in total. The average molecular weight is 289 g/mol. The number of halogens is 1. The van der Waals surface area contributed by atoms with Gasteiger partial charge in [0.2, 0.25) is 0 Å². The van der Waals surface area contributed by atoms with Gasteiger partial charge in [-0.1, -0.05) is 30.7 Å². The fourth-order valence-corrected chi connectivity index (χ4v) is 2.44. The lowest BCUT2D eigenvalue weighted by atomic mass is 10.1. The highest BCUT2D eigenvalue weighted by Crippen LogP contribution is 2.31. The van der Waals surface area contributed by atoms with Crippen molar-refractivity contribution in [2.24, 2.45) is 0 Å². The molecule has 2 aromatic carbocycles. The summed E-state index contributed by atoms with van der Waals surface area (Å²) in [6.07, 6.45) is 0.489. The monoisotopic (exact) mass is 288 g/mol. The van der Waals surface area contributed by atoms with Crippen LogP contribution in [0.15, 0.2) is 36.4 Å². The van der Waals surface area contributed by atoms with E-state index in [1.165, 1.54) is 0 Å². The molecule has 104 valence electrons. The van der Waals surface area contributed by atoms with E-state index in [0.29, 0.717) is 22.8 Å². The van der Waals surface area contributed by atoms with E-state index >= 15 is 0 Å². The summed E-state index contributed by atoms with van der Waals surface area (Å²) in [5.41, 5.74) is 2.62. The summed E-state index contributed by atoms with van der Waals surface area (Å²) >= 11 is 6.01. The lowest BCUT2D eigenvalue weighted by molar-refractivity contribution is 0.0988. The van der Waals surface area contributed by atoms with Gasteiger partial charge in [0.25, 0.3) is 0 Å². The van der Waals surface area contributed by atoms with Gasteiger partial charge < -0.3 is 4.74 Å². The second-order valence-electron chi connectivity index (χ2n) is 4.78. The van der Waals surface area contributed by atoms with Gasteiger partial charge in [0.1, 0.15) is 11.5 Å². The van der Waals surface area contributed by atoms with E-state index in [0.717, 1.165) is 16.9 Å². The number of carbonyl (C=O) groups is 1. The van der Waals surface area contributed by atoms with Crippen molar-refractivity contribution >= 4 is 17.4 Å². The Morgan fingerprint density at radius 1 is 1.15 bits per heavy atom. The molecule has 0 heterocycles. The second kappa shape index (κ2) is 6.10. The van der Waals surface area contributed by atoms with Crippen LogP contribution >= 0.6 is 11.6 Å². The van der Waals surface area contributed by atoms with Crippen LogP contribution in [-0.4, -0.2) is 5.78 Å². The topological polar surface area (TPSA) is 26.3 Å². The number of hydrogen-bond donors (Lipinski definition) is 0. The number of benzene rings is 2. The first-order valence-corrected chi connectivity index (χ1v) is 6.97. The Morgan fingerprint density at radius 3 is 2.40 bits per heavy atom. The van der Waals surface area contributed by atoms with Crippen molar-refractivity contribution in [1.82, 2.24) is 0 Å². The molecular weight excluding hydrogens is 272 g/mol. The molecule has 2 rings (SSSR count). The van der Waals surface area contributed by atoms with Crippen LogP contribution in [0.4, 0.5) is 0 Å². The summed E-state index contributed by atoms with van der Waals surface area (Å²) in [5.74, 6) is 1.56. The second-order valence-corrected chi connectivity index (χ2v) is 5.21. The van der Waals surface area contributed by atoms with E-state index in [4.69, 9.17) is 16.3 Å². The minimum absolute atomic E-state index is 0.111. The van der Waals surface area contributed by atoms with E-state index in [1.807, 2.05) is 45.0 Å². The standard InChI is InChI=1S/C17H17ClO2/c1-4-16(19)13-6-5-7-15(10-13)20-17-11(2)8-14(18)9-12(17)3/h5-10H,4H2,1-3H3. The number of aryl methyl sites for hydroxylation is 2. The molecule has 0 aliphatic carbocycles. The van der Waals surface area contributed by atoms with Crippen LogP contribution in [0.5, 0.6) is 11.5 Å². The molecule has 0 bridgehead atoms. The minimum atomic E-state index is 0.111. The molecule has 0 spiro atoms. The highest BCUT2D eigenvalue weighted by atomic mass is 35.5. The first-order chi connectivity index (χ1) is 9.51. The third kappa shape index (κ3) is 3.20. The van der Waals surface area contributed by atoms with Crippen LogP contribution in [0.1, 0.15) is 34.8 Å². The number of carbonyl (C=O) groups excluding carboxylic acids is 1. The van der Waals surface area contributed by atoms with E-state index in [1.54, 1.807) is 12.1 Å². The Labute approximate surface area is 124 Å². The van der Waals surface area contributed by atoms with Gasteiger partial charge in [0.15, 0.2) is 5.78 Å². The molecule has 0 saturated heterocycles. The van der Waals surface area contributed by atoms with Gasteiger partial charge in [-0.3, -0.25) is 4.79 Å². The van der Waals surface area contributed by atoms with Crippen LogP contribution in [0, 0.1) is 13.8 Å². The van der Waals surface area contributed by atoms with Gasteiger partial charge in [0, 0.05) is 17.0 Å². The van der Waals surface area contributed by atoms with Gasteiger partial charge >= 0.3 is 0 Å². The fraction of sp³-hybridized carbons (Fsp3) is 0.235. The van der Waals surface area contributed by atoms with Crippen molar-refractivity contribution < 1.29 is 9.53 Å². The van der Waals surface area contributed by atoms with Gasteiger partial charge in [-0.2, -0.15) is 0 Å². The number of hydrogen-bond acceptors (Lipinski definition) is 2. The molecule has 0 saturated carbocycles. The molecule has 2 aromatic rings. The third-order valence-electron chi connectivity index (χ3n) is 3.12. The van der Waals surface area contributed by atoms with Crippen molar-refractivity contribution in [3.05, 3.63) is 58.1 Å². The maximum absolute atomic E-state index is 11.7. The van der Waals surface area contributed by atoms with Crippen molar-refractivity contribution in [2.75, 3.05) is 0 Å². The first kappa shape index (κ1) is 14.6. The zero-order valence-electron chi connectivity index (χ0n) is 11.9. The van der Waals surface area contributed by atoms with Gasteiger partial charge in [-0.05, 0) is 49.2 Å². The molecule has 0 aromatic heterocycles. The Kier molecular flexibility index (Phi) is 4.46. The summed E-state index contributed by atoms with van der Waals surface area (Å²) in [4.78, 5) is 11.7. The predicted octanol–water partition coefficient (Wildman–Crippen LogP) is 5.34. The Bertz CT molecular complexity index is 624. The van der Waals surface area contributed by atoms with Crippen LogP contribution < -0.4 is 4.74 Å². The van der Waals surface area contributed by atoms with Crippen molar-refractivity contribution in [1.29, 1.82) is 0 Å². The predicted molar refractivity (Wildman–Crippen MR) is 82.1 cm³/mol. The van der Waals surface area contributed by atoms with Crippen molar-refractivity contribution in [2.45, 2.75) is 27.2 Å². The maximum Gasteiger partial charge on any atom is 0.162 e. The number of rotatable bonds is 4. The third-order valence-corrected chi connectivity index (χ3v) is 3.34. The number of Topliss-reactive ketones (excluding diaryl/α,β-unsaturated/α-hetero) is 1. The molecule has 0 unspecified atom stereocenters. The first-order valence-electron chi connectivity index (χ1n) is 6.59. The van der Waals surface area contributed by atoms with E-state index in [9.17, 15) is 4.79 Å². The normalized spacial score (nSPS) is 10.4. The number of ketones is 1. The van der Waals surface area contributed by atoms with Gasteiger partial charge in [0.05, 0.1) is 0 Å². The molecule has 0 aliphatic heterocycles. The molecule has 2 nitrogen and oxygen atoms in total. The fourth-order valence-electron chi connectivity index (χ4n) is 2.11. The Morgan fingerprint density at radius 2 is 1.80 bits per heavy atom. The quantitative estimate of drug-likeness (QED) is 0.710. The van der Waals surface area contributed by atoms with Crippen LogP contribution in [-0.2, 0) is 0 Å². The van der Waals surface area contributed by atoms with Crippen molar-refractivity contribution in [3.63, 3.8) is 0 Å². The molecule has 0 atom stereocenters. The van der Waals surface area contributed by atoms with Crippen LogP contribution in [0.25, 0.3) is 0 Å². The summed E-state index contributed by atoms with van der Waals surface area (Å²) in [7, 11) is 0.